The number of aliphatic hydroxyl groups is 1. The lowest BCUT2D eigenvalue weighted by Gasteiger charge is -2.12. The molecule has 0 amide bonds. The standard InChI is InChI=1S/C20H28N6O3/c1-4-17(28)29-9-5-8-21-19-24-18(12(2)3)25-20(26-19)22-14-7-6-13-10-16(27)23-15(13)11-14/h6-7,11-12,16,23,27H,4-5,8-10H2,1-3H3,(H2,21,22,24,25,26). The first-order chi connectivity index (χ1) is 13.9. The maximum Gasteiger partial charge on any atom is 0.305 e. The van der Waals surface area contributed by atoms with Crippen molar-refractivity contribution in [3.05, 3.63) is 29.6 Å². The molecule has 0 radical (unpaired) electrons. The van der Waals surface area contributed by atoms with E-state index in [1.807, 2.05) is 32.0 Å². The van der Waals surface area contributed by atoms with Crippen molar-refractivity contribution >= 4 is 29.2 Å². The maximum atomic E-state index is 11.2. The van der Waals surface area contributed by atoms with Gasteiger partial charge in [0, 0.05) is 36.7 Å². The van der Waals surface area contributed by atoms with E-state index in [-0.39, 0.29) is 11.9 Å². The molecule has 9 heteroatoms. The average Bonchev–Trinajstić information content (AvgIpc) is 3.06. The van der Waals surface area contributed by atoms with E-state index in [1.54, 1.807) is 6.92 Å². The molecular weight excluding hydrogens is 372 g/mol. The summed E-state index contributed by atoms with van der Waals surface area (Å²) in [5.41, 5.74) is 2.80. The summed E-state index contributed by atoms with van der Waals surface area (Å²) in [6, 6.07) is 5.84. The van der Waals surface area contributed by atoms with Crippen molar-refractivity contribution in [3.63, 3.8) is 0 Å². The van der Waals surface area contributed by atoms with Crippen LogP contribution >= 0.6 is 0 Å². The van der Waals surface area contributed by atoms with Gasteiger partial charge in [-0.15, -0.1) is 0 Å². The van der Waals surface area contributed by atoms with Crippen LogP contribution in [-0.2, 0) is 16.0 Å². The molecule has 1 aliphatic rings. The Kier molecular flexibility index (Phi) is 6.82. The summed E-state index contributed by atoms with van der Waals surface area (Å²) in [5, 5.41) is 19.1. The van der Waals surface area contributed by atoms with Gasteiger partial charge in [0.1, 0.15) is 12.1 Å². The number of nitrogens with one attached hydrogen (secondary N) is 3. The average molecular weight is 400 g/mol. The molecule has 0 fully saturated rings. The fraction of sp³-hybridized carbons (Fsp3) is 0.500. The third-order valence-electron chi connectivity index (χ3n) is 4.43. The fourth-order valence-corrected chi connectivity index (χ4v) is 2.88. The molecule has 0 saturated heterocycles. The van der Waals surface area contributed by atoms with E-state index in [9.17, 15) is 9.90 Å². The van der Waals surface area contributed by atoms with Gasteiger partial charge in [-0.3, -0.25) is 4.79 Å². The van der Waals surface area contributed by atoms with Gasteiger partial charge >= 0.3 is 5.97 Å². The highest BCUT2D eigenvalue weighted by atomic mass is 16.5. The summed E-state index contributed by atoms with van der Waals surface area (Å²) in [4.78, 5) is 24.6. The second-order valence-corrected chi connectivity index (χ2v) is 7.21. The number of aromatic nitrogens is 3. The van der Waals surface area contributed by atoms with Crippen molar-refractivity contribution in [3.8, 4) is 0 Å². The molecule has 1 aromatic heterocycles. The van der Waals surface area contributed by atoms with Crippen molar-refractivity contribution in [2.45, 2.75) is 52.2 Å². The van der Waals surface area contributed by atoms with Crippen molar-refractivity contribution in [1.29, 1.82) is 0 Å². The quantitative estimate of drug-likeness (QED) is 0.372. The third-order valence-corrected chi connectivity index (χ3v) is 4.43. The molecule has 1 atom stereocenters. The molecule has 9 nitrogen and oxygen atoms in total. The molecule has 1 aliphatic heterocycles. The molecule has 156 valence electrons. The number of rotatable bonds is 9. The van der Waals surface area contributed by atoms with Crippen LogP contribution in [0.25, 0.3) is 0 Å². The van der Waals surface area contributed by atoms with Crippen molar-refractivity contribution in [1.82, 2.24) is 15.0 Å². The number of carbonyl (C=O) groups is 1. The topological polar surface area (TPSA) is 121 Å². The van der Waals surface area contributed by atoms with Crippen LogP contribution in [-0.4, -0.2) is 45.4 Å². The SMILES string of the molecule is CCC(=O)OCCCNc1nc(Nc2ccc3c(c2)NC(O)C3)nc(C(C)C)n1. The second kappa shape index (κ2) is 9.51. The molecule has 1 unspecified atom stereocenters. The van der Waals surface area contributed by atoms with Gasteiger partial charge in [-0.1, -0.05) is 26.8 Å². The van der Waals surface area contributed by atoms with Gasteiger partial charge < -0.3 is 25.8 Å². The molecule has 0 spiro atoms. The van der Waals surface area contributed by atoms with Gasteiger partial charge in [-0.2, -0.15) is 15.0 Å². The largest absolute Gasteiger partial charge is 0.466 e. The Morgan fingerprint density at radius 3 is 2.86 bits per heavy atom. The zero-order valence-corrected chi connectivity index (χ0v) is 17.0. The normalized spacial score (nSPS) is 15.0. The maximum absolute atomic E-state index is 11.2. The minimum atomic E-state index is -0.544. The zero-order chi connectivity index (χ0) is 20.8. The van der Waals surface area contributed by atoms with Crippen LogP contribution in [0.2, 0.25) is 0 Å². The number of benzene rings is 1. The first-order valence-corrected chi connectivity index (χ1v) is 9.94. The number of hydrogen-bond acceptors (Lipinski definition) is 9. The first kappa shape index (κ1) is 20.8. The molecule has 1 aromatic carbocycles. The summed E-state index contributed by atoms with van der Waals surface area (Å²) < 4.78 is 5.07. The molecule has 0 saturated carbocycles. The van der Waals surface area contributed by atoms with Crippen LogP contribution in [0.4, 0.5) is 23.3 Å². The predicted molar refractivity (Wildman–Crippen MR) is 111 cm³/mol. The van der Waals surface area contributed by atoms with Gasteiger partial charge in [0.05, 0.1) is 6.61 Å². The minimum absolute atomic E-state index is 0.140. The predicted octanol–water partition coefficient (Wildman–Crippen LogP) is 2.78. The molecule has 0 bridgehead atoms. The van der Waals surface area contributed by atoms with E-state index in [1.165, 1.54) is 0 Å². The fourth-order valence-electron chi connectivity index (χ4n) is 2.88. The Morgan fingerprint density at radius 1 is 1.31 bits per heavy atom. The number of fused-ring (bicyclic) bond motifs is 1. The van der Waals surface area contributed by atoms with Crippen LogP contribution in [0.15, 0.2) is 18.2 Å². The number of anilines is 4. The lowest BCUT2D eigenvalue weighted by molar-refractivity contribution is -0.143. The highest BCUT2D eigenvalue weighted by Gasteiger charge is 2.18. The van der Waals surface area contributed by atoms with Crippen LogP contribution < -0.4 is 16.0 Å². The highest BCUT2D eigenvalue weighted by Crippen LogP contribution is 2.29. The molecular formula is C20H28N6O3. The summed E-state index contributed by atoms with van der Waals surface area (Å²) in [7, 11) is 0. The van der Waals surface area contributed by atoms with Crippen LogP contribution in [0.1, 0.15) is 50.9 Å². The summed E-state index contributed by atoms with van der Waals surface area (Å²) in [6.45, 7) is 6.76. The minimum Gasteiger partial charge on any atom is -0.466 e. The van der Waals surface area contributed by atoms with Crippen molar-refractivity contribution < 1.29 is 14.6 Å². The smallest absolute Gasteiger partial charge is 0.305 e. The Morgan fingerprint density at radius 2 is 2.10 bits per heavy atom. The number of hydrogen-bond donors (Lipinski definition) is 4. The van der Waals surface area contributed by atoms with Gasteiger partial charge in [-0.25, -0.2) is 0 Å². The zero-order valence-electron chi connectivity index (χ0n) is 17.0. The Balaban J connectivity index is 1.65. The number of aliphatic hydroxyl groups excluding tert-OH is 1. The monoisotopic (exact) mass is 400 g/mol. The Bertz CT molecular complexity index is 858. The highest BCUT2D eigenvalue weighted by molar-refractivity contribution is 5.69. The van der Waals surface area contributed by atoms with Gasteiger partial charge in [-0.05, 0) is 24.1 Å². The molecule has 2 heterocycles. The number of esters is 1. The second-order valence-electron chi connectivity index (χ2n) is 7.21. The van der Waals surface area contributed by atoms with Crippen LogP contribution in [0, 0.1) is 0 Å². The molecule has 2 aromatic rings. The first-order valence-electron chi connectivity index (χ1n) is 9.94. The van der Waals surface area contributed by atoms with Crippen LogP contribution in [0.5, 0.6) is 0 Å². The summed E-state index contributed by atoms with van der Waals surface area (Å²) in [6.07, 6.45) is 1.10. The Hall–Kier alpha value is -2.94. The lowest BCUT2D eigenvalue weighted by atomic mass is 10.1. The summed E-state index contributed by atoms with van der Waals surface area (Å²) >= 11 is 0. The molecule has 29 heavy (non-hydrogen) atoms. The van der Waals surface area contributed by atoms with Crippen molar-refractivity contribution in [2.75, 3.05) is 29.1 Å². The van der Waals surface area contributed by atoms with E-state index in [4.69, 9.17) is 4.74 Å². The molecule has 4 N–H and O–H groups in total. The number of nitrogens with zero attached hydrogens (tertiary/aromatic N) is 3. The van der Waals surface area contributed by atoms with E-state index in [2.05, 4.69) is 30.9 Å². The van der Waals surface area contributed by atoms with Crippen LogP contribution in [0.3, 0.4) is 0 Å². The Labute approximate surface area is 170 Å². The third kappa shape index (κ3) is 5.77. The van der Waals surface area contributed by atoms with Gasteiger partial charge in [0.25, 0.3) is 0 Å². The lowest BCUT2D eigenvalue weighted by Crippen LogP contribution is -2.13. The summed E-state index contributed by atoms with van der Waals surface area (Å²) in [5.74, 6) is 1.54. The molecule has 0 aliphatic carbocycles. The van der Waals surface area contributed by atoms with Gasteiger partial charge in [0.15, 0.2) is 0 Å². The van der Waals surface area contributed by atoms with E-state index < -0.39 is 6.23 Å². The number of carbonyl (C=O) groups excluding carboxylic acids is 1. The van der Waals surface area contributed by atoms with Crippen molar-refractivity contribution in [2.24, 2.45) is 0 Å². The van der Waals surface area contributed by atoms with E-state index in [0.29, 0.717) is 50.1 Å². The van der Waals surface area contributed by atoms with E-state index in [0.717, 1.165) is 16.9 Å². The number of ether oxygens (including phenoxy) is 1. The van der Waals surface area contributed by atoms with E-state index >= 15 is 0 Å². The van der Waals surface area contributed by atoms with Gasteiger partial charge in [0.2, 0.25) is 11.9 Å². The molecule has 3 rings (SSSR count).